The minimum absolute atomic E-state index is 0.0392. The Bertz CT molecular complexity index is 1380. The Morgan fingerprint density at radius 1 is 1.00 bits per heavy atom. The molecule has 3 aromatic carbocycles. The number of nitrogens with zero attached hydrogens (tertiary/aromatic N) is 3. The molecule has 0 fully saturated rings. The van der Waals surface area contributed by atoms with Gasteiger partial charge in [-0.15, -0.1) is 0 Å². The number of para-hydroxylation sites is 2. The fourth-order valence-corrected chi connectivity index (χ4v) is 4.82. The van der Waals surface area contributed by atoms with Gasteiger partial charge in [-0.2, -0.15) is 0 Å². The van der Waals surface area contributed by atoms with Gasteiger partial charge >= 0.3 is 0 Å². The second-order valence-electron chi connectivity index (χ2n) is 9.04. The molecular weight excluding hydrogens is 424 g/mol. The SMILES string of the molecule is Cc1ccc(NC(=O)C[C@@H]2C(=O)N(Cc3ccccc3)[C@H](C)c3nc4ccccc4n32)c(C)c1. The average molecular weight is 453 g/mol. The monoisotopic (exact) mass is 452 g/mol. The van der Waals surface area contributed by atoms with E-state index < -0.39 is 6.04 Å². The average Bonchev–Trinajstić information content (AvgIpc) is 3.22. The molecular formula is C28H28N4O2. The highest BCUT2D eigenvalue weighted by atomic mass is 16.2. The molecule has 5 rings (SSSR count). The van der Waals surface area contributed by atoms with E-state index in [1.165, 1.54) is 0 Å². The highest BCUT2D eigenvalue weighted by molar-refractivity contribution is 5.96. The molecule has 6 heteroatoms. The highest BCUT2D eigenvalue weighted by Crippen LogP contribution is 2.37. The summed E-state index contributed by atoms with van der Waals surface area (Å²) in [4.78, 5) is 33.7. The molecule has 0 radical (unpaired) electrons. The number of nitrogens with one attached hydrogen (secondary N) is 1. The van der Waals surface area contributed by atoms with Crippen LogP contribution in [-0.2, 0) is 16.1 Å². The Kier molecular flexibility index (Phi) is 5.65. The molecule has 0 saturated carbocycles. The van der Waals surface area contributed by atoms with E-state index in [-0.39, 0.29) is 24.3 Å². The van der Waals surface area contributed by atoms with Crippen molar-refractivity contribution in [3.05, 3.63) is 95.3 Å². The van der Waals surface area contributed by atoms with E-state index in [0.29, 0.717) is 6.54 Å². The van der Waals surface area contributed by atoms with Gasteiger partial charge in [0.25, 0.3) is 0 Å². The topological polar surface area (TPSA) is 67.2 Å². The summed E-state index contributed by atoms with van der Waals surface area (Å²) in [6.07, 6.45) is 0.0392. The summed E-state index contributed by atoms with van der Waals surface area (Å²) in [6, 6.07) is 22.8. The fourth-order valence-electron chi connectivity index (χ4n) is 4.82. The molecule has 1 aliphatic rings. The lowest BCUT2D eigenvalue weighted by atomic mass is 10.0. The molecule has 2 amide bonds. The molecule has 2 heterocycles. The van der Waals surface area contributed by atoms with E-state index >= 15 is 0 Å². The van der Waals surface area contributed by atoms with Crippen LogP contribution >= 0.6 is 0 Å². The largest absolute Gasteiger partial charge is 0.327 e. The van der Waals surface area contributed by atoms with Gasteiger partial charge in [-0.05, 0) is 50.1 Å². The number of hydrogen-bond donors (Lipinski definition) is 1. The quantitative estimate of drug-likeness (QED) is 0.445. The lowest BCUT2D eigenvalue weighted by Gasteiger charge is -2.38. The van der Waals surface area contributed by atoms with Crippen LogP contribution in [0.15, 0.2) is 72.8 Å². The molecule has 172 valence electrons. The van der Waals surface area contributed by atoms with Crippen molar-refractivity contribution in [1.29, 1.82) is 0 Å². The van der Waals surface area contributed by atoms with Crippen molar-refractivity contribution in [1.82, 2.24) is 14.5 Å². The lowest BCUT2D eigenvalue weighted by molar-refractivity contribution is -0.142. The predicted molar refractivity (Wildman–Crippen MR) is 133 cm³/mol. The van der Waals surface area contributed by atoms with Gasteiger partial charge in [0, 0.05) is 12.2 Å². The summed E-state index contributed by atoms with van der Waals surface area (Å²) >= 11 is 0. The first-order chi connectivity index (χ1) is 16.4. The summed E-state index contributed by atoms with van der Waals surface area (Å²) in [5.74, 6) is 0.548. The van der Waals surface area contributed by atoms with E-state index in [2.05, 4.69) is 5.32 Å². The minimum Gasteiger partial charge on any atom is -0.327 e. The zero-order valence-corrected chi connectivity index (χ0v) is 19.7. The molecule has 1 N–H and O–H groups in total. The van der Waals surface area contributed by atoms with Gasteiger partial charge < -0.3 is 14.8 Å². The molecule has 0 unspecified atom stereocenters. The van der Waals surface area contributed by atoms with Crippen LogP contribution in [0.25, 0.3) is 11.0 Å². The molecule has 0 bridgehead atoms. The van der Waals surface area contributed by atoms with Crippen molar-refractivity contribution in [2.75, 3.05) is 5.32 Å². The van der Waals surface area contributed by atoms with Gasteiger partial charge in [0.1, 0.15) is 11.9 Å². The third-order valence-corrected chi connectivity index (χ3v) is 6.57. The van der Waals surface area contributed by atoms with Gasteiger partial charge in [-0.25, -0.2) is 4.98 Å². The van der Waals surface area contributed by atoms with Crippen molar-refractivity contribution in [3.63, 3.8) is 0 Å². The van der Waals surface area contributed by atoms with Crippen molar-refractivity contribution < 1.29 is 9.59 Å². The van der Waals surface area contributed by atoms with Gasteiger partial charge in [0.15, 0.2) is 0 Å². The van der Waals surface area contributed by atoms with Crippen LogP contribution in [0.2, 0.25) is 0 Å². The second kappa shape index (κ2) is 8.78. The Morgan fingerprint density at radius 2 is 1.74 bits per heavy atom. The van der Waals surface area contributed by atoms with Crippen molar-refractivity contribution in [2.24, 2.45) is 0 Å². The van der Waals surface area contributed by atoms with E-state index in [1.54, 1.807) is 0 Å². The smallest absolute Gasteiger partial charge is 0.247 e. The Hall–Kier alpha value is -3.93. The van der Waals surface area contributed by atoms with Crippen molar-refractivity contribution in [2.45, 2.75) is 45.8 Å². The van der Waals surface area contributed by atoms with Gasteiger partial charge in [0.2, 0.25) is 11.8 Å². The first-order valence-electron chi connectivity index (χ1n) is 11.6. The van der Waals surface area contributed by atoms with Crippen LogP contribution < -0.4 is 5.32 Å². The third kappa shape index (κ3) is 3.96. The maximum atomic E-state index is 13.8. The van der Waals surface area contributed by atoms with Crippen molar-refractivity contribution in [3.8, 4) is 0 Å². The molecule has 0 saturated heterocycles. The number of carbonyl (C=O) groups is 2. The number of rotatable bonds is 5. The maximum Gasteiger partial charge on any atom is 0.247 e. The molecule has 6 nitrogen and oxygen atoms in total. The van der Waals surface area contributed by atoms with Gasteiger partial charge in [0.05, 0.1) is 23.5 Å². The van der Waals surface area contributed by atoms with E-state index in [1.807, 2.05) is 103 Å². The number of benzene rings is 3. The van der Waals surface area contributed by atoms with E-state index in [4.69, 9.17) is 4.98 Å². The molecule has 34 heavy (non-hydrogen) atoms. The maximum absolute atomic E-state index is 13.8. The lowest BCUT2D eigenvalue weighted by Crippen LogP contribution is -2.45. The zero-order chi connectivity index (χ0) is 23.8. The van der Waals surface area contributed by atoms with Crippen molar-refractivity contribution >= 4 is 28.5 Å². The Balaban J connectivity index is 1.51. The number of aryl methyl sites for hydroxylation is 2. The first kappa shape index (κ1) is 21.9. The fraction of sp³-hybridized carbons (Fsp3) is 0.250. The summed E-state index contributed by atoms with van der Waals surface area (Å²) in [5, 5.41) is 3.01. The number of amides is 2. The second-order valence-corrected chi connectivity index (χ2v) is 9.04. The predicted octanol–water partition coefficient (Wildman–Crippen LogP) is 5.33. The summed E-state index contributed by atoms with van der Waals surface area (Å²) in [5.41, 5.74) is 5.66. The molecule has 0 aliphatic carbocycles. The minimum atomic E-state index is -0.659. The summed E-state index contributed by atoms with van der Waals surface area (Å²) in [7, 11) is 0. The first-order valence-corrected chi connectivity index (χ1v) is 11.6. The van der Waals surface area contributed by atoms with Crippen LogP contribution in [0.3, 0.4) is 0 Å². The van der Waals surface area contributed by atoms with E-state index in [9.17, 15) is 9.59 Å². The molecule has 1 aromatic heterocycles. The number of imidazole rings is 1. The van der Waals surface area contributed by atoms with Crippen LogP contribution in [0.1, 0.15) is 47.9 Å². The zero-order valence-electron chi connectivity index (χ0n) is 19.7. The standard InChI is InChI=1S/C28H28N4O2/c1-18-13-14-22(19(2)15-18)29-26(33)16-25-28(34)31(17-21-9-5-4-6-10-21)20(3)27-30-23-11-7-8-12-24(23)32(25)27/h4-15,20,25H,16-17H2,1-3H3,(H,29,33)/t20-,25-/m1/s1. The number of fused-ring (bicyclic) bond motifs is 3. The summed E-state index contributed by atoms with van der Waals surface area (Å²) in [6.45, 7) is 6.47. The number of hydrogen-bond acceptors (Lipinski definition) is 3. The number of aromatic nitrogens is 2. The van der Waals surface area contributed by atoms with Crippen LogP contribution in [0.5, 0.6) is 0 Å². The van der Waals surface area contributed by atoms with Crippen LogP contribution in [-0.4, -0.2) is 26.3 Å². The molecule has 1 aliphatic heterocycles. The number of carbonyl (C=O) groups excluding carboxylic acids is 2. The Morgan fingerprint density at radius 3 is 2.50 bits per heavy atom. The van der Waals surface area contributed by atoms with Crippen LogP contribution in [0, 0.1) is 13.8 Å². The molecule has 0 spiro atoms. The third-order valence-electron chi connectivity index (χ3n) is 6.57. The summed E-state index contributed by atoms with van der Waals surface area (Å²) < 4.78 is 1.96. The number of anilines is 1. The molecule has 2 atom stereocenters. The highest BCUT2D eigenvalue weighted by Gasteiger charge is 2.40. The molecule has 4 aromatic rings. The Labute approximate surface area is 199 Å². The van der Waals surface area contributed by atoms with E-state index in [0.717, 1.165) is 39.2 Å². The van der Waals surface area contributed by atoms with Gasteiger partial charge in [-0.3, -0.25) is 9.59 Å². The van der Waals surface area contributed by atoms with Crippen LogP contribution in [0.4, 0.5) is 5.69 Å². The normalized spacial score (nSPS) is 17.6. The van der Waals surface area contributed by atoms with Gasteiger partial charge in [-0.1, -0.05) is 60.2 Å².